The van der Waals surface area contributed by atoms with E-state index in [2.05, 4.69) is 24.3 Å². The highest BCUT2D eigenvalue weighted by molar-refractivity contribution is 5.65. The quantitative estimate of drug-likeness (QED) is 0.823. The second kappa shape index (κ2) is 4.00. The van der Waals surface area contributed by atoms with Gasteiger partial charge in [-0.15, -0.1) is 0 Å². The lowest BCUT2D eigenvalue weighted by Crippen LogP contribution is -2.45. The van der Waals surface area contributed by atoms with Crippen LogP contribution < -0.4 is 11.1 Å². The van der Waals surface area contributed by atoms with E-state index >= 15 is 0 Å². The lowest BCUT2D eigenvalue weighted by atomic mass is 9.75. The van der Waals surface area contributed by atoms with Crippen LogP contribution in [0.15, 0.2) is 0 Å². The van der Waals surface area contributed by atoms with E-state index in [1.54, 1.807) is 0 Å². The minimum atomic E-state index is 0.271. The van der Waals surface area contributed by atoms with Crippen LogP contribution in [-0.2, 0) is 6.54 Å². The van der Waals surface area contributed by atoms with Crippen molar-refractivity contribution in [3.63, 3.8) is 0 Å². The first-order valence-corrected chi connectivity index (χ1v) is 6.23. The highest BCUT2D eigenvalue weighted by Crippen LogP contribution is 2.39. The lowest BCUT2D eigenvalue weighted by Gasteiger charge is -2.42. The van der Waals surface area contributed by atoms with E-state index in [-0.39, 0.29) is 5.54 Å². The molecule has 0 bridgehead atoms. The topological polar surface area (TPSA) is 55.9 Å². The van der Waals surface area contributed by atoms with Crippen molar-refractivity contribution in [3.05, 3.63) is 5.69 Å². The van der Waals surface area contributed by atoms with E-state index in [0.29, 0.717) is 0 Å². The predicted molar refractivity (Wildman–Crippen MR) is 67.5 cm³/mol. The molecule has 1 fully saturated rings. The van der Waals surface area contributed by atoms with E-state index in [4.69, 9.17) is 5.73 Å². The predicted octanol–water partition coefficient (Wildman–Crippen LogP) is 2.54. The van der Waals surface area contributed by atoms with E-state index in [0.717, 1.165) is 30.2 Å². The molecular weight excluding hydrogens is 200 g/mol. The van der Waals surface area contributed by atoms with Gasteiger partial charge >= 0.3 is 0 Å². The van der Waals surface area contributed by atoms with Crippen LogP contribution in [0.25, 0.3) is 0 Å². The van der Waals surface area contributed by atoms with Crippen LogP contribution in [-0.4, -0.2) is 15.3 Å². The lowest BCUT2D eigenvalue weighted by molar-refractivity contribution is 0.267. The average molecular weight is 222 g/mol. The molecule has 0 unspecified atom stereocenters. The Morgan fingerprint density at radius 1 is 1.44 bits per heavy atom. The van der Waals surface area contributed by atoms with Crippen LogP contribution in [0, 0.1) is 6.92 Å². The van der Waals surface area contributed by atoms with Gasteiger partial charge in [-0.05, 0) is 39.5 Å². The van der Waals surface area contributed by atoms with Crippen molar-refractivity contribution < 1.29 is 0 Å². The fourth-order valence-electron chi connectivity index (χ4n) is 2.38. The molecule has 16 heavy (non-hydrogen) atoms. The Hall–Kier alpha value is -1.19. The molecule has 4 nitrogen and oxygen atoms in total. The maximum Gasteiger partial charge on any atom is 0.148 e. The number of hydrogen-bond acceptors (Lipinski definition) is 3. The van der Waals surface area contributed by atoms with Gasteiger partial charge in [0.1, 0.15) is 5.82 Å². The number of rotatable bonds is 4. The summed E-state index contributed by atoms with van der Waals surface area (Å²) in [6.07, 6.45) is 4.97. The number of nitrogen functional groups attached to an aromatic ring is 1. The van der Waals surface area contributed by atoms with Crippen molar-refractivity contribution in [2.75, 3.05) is 11.1 Å². The van der Waals surface area contributed by atoms with Crippen LogP contribution in [0.1, 0.15) is 45.2 Å². The SMILES string of the molecule is CCn1nc(C)c(N)c1NC1(CC)CCC1. The van der Waals surface area contributed by atoms with Crippen LogP contribution in [0.5, 0.6) is 0 Å². The fraction of sp³-hybridized carbons (Fsp3) is 0.750. The van der Waals surface area contributed by atoms with E-state index < -0.39 is 0 Å². The van der Waals surface area contributed by atoms with Crippen LogP contribution in [0.2, 0.25) is 0 Å². The number of hydrogen-bond donors (Lipinski definition) is 2. The summed E-state index contributed by atoms with van der Waals surface area (Å²) >= 11 is 0. The Morgan fingerprint density at radius 3 is 2.56 bits per heavy atom. The van der Waals surface area contributed by atoms with Gasteiger partial charge in [-0.2, -0.15) is 5.10 Å². The third-order valence-corrected chi connectivity index (χ3v) is 3.84. The van der Waals surface area contributed by atoms with Crippen molar-refractivity contribution in [1.29, 1.82) is 0 Å². The molecule has 1 aliphatic rings. The van der Waals surface area contributed by atoms with Crippen LogP contribution in [0.3, 0.4) is 0 Å². The molecule has 0 spiro atoms. The van der Waals surface area contributed by atoms with E-state index in [1.807, 2.05) is 11.6 Å². The van der Waals surface area contributed by atoms with Gasteiger partial charge in [0.05, 0.1) is 11.4 Å². The van der Waals surface area contributed by atoms with Gasteiger partial charge in [0.25, 0.3) is 0 Å². The summed E-state index contributed by atoms with van der Waals surface area (Å²) in [4.78, 5) is 0. The summed E-state index contributed by atoms with van der Waals surface area (Å²) in [5.74, 6) is 1.02. The van der Waals surface area contributed by atoms with E-state index in [1.165, 1.54) is 19.3 Å². The average Bonchev–Trinajstić information content (AvgIpc) is 2.50. The van der Waals surface area contributed by atoms with Gasteiger partial charge < -0.3 is 11.1 Å². The summed E-state index contributed by atoms with van der Waals surface area (Å²) in [6.45, 7) is 7.16. The summed E-state index contributed by atoms with van der Waals surface area (Å²) in [6, 6.07) is 0. The van der Waals surface area contributed by atoms with Gasteiger partial charge in [0, 0.05) is 12.1 Å². The number of aromatic nitrogens is 2. The monoisotopic (exact) mass is 222 g/mol. The first-order valence-electron chi connectivity index (χ1n) is 6.23. The fourth-order valence-corrected chi connectivity index (χ4v) is 2.38. The summed E-state index contributed by atoms with van der Waals surface area (Å²) in [5.41, 5.74) is 8.08. The molecule has 0 radical (unpaired) electrons. The Labute approximate surface area is 97.2 Å². The standard InChI is InChI=1S/C12H22N4/c1-4-12(7-6-8-12)14-11-10(13)9(3)15-16(11)5-2/h14H,4-8,13H2,1-3H3. The third kappa shape index (κ3) is 1.66. The zero-order valence-electron chi connectivity index (χ0n) is 10.5. The number of nitrogens with two attached hydrogens (primary N) is 1. The van der Waals surface area contributed by atoms with Gasteiger partial charge in [0.2, 0.25) is 0 Å². The molecule has 1 saturated carbocycles. The van der Waals surface area contributed by atoms with Gasteiger partial charge in [-0.1, -0.05) is 6.92 Å². The smallest absolute Gasteiger partial charge is 0.148 e. The molecule has 0 atom stereocenters. The number of anilines is 2. The maximum atomic E-state index is 6.07. The molecule has 0 saturated heterocycles. The van der Waals surface area contributed by atoms with Crippen molar-refractivity contribution >= 4 is 11.5 Å². The van der Waals surface area contributed by atoms with E-state index in [9.17, 15) is 0 Å². The summed E-state index contributed by atoms with van der Waals surface area (Å²) in [7, 11) is 0. The van der Waals surface area contributed by atoms with Gasteiger partial charge in [0.15, 0.2) is 0 Å². The highest BCUT2D eigenvalue weighted by atomic mass is 15.3. The maximum absolute atomic E-state index is 6.07. The molecule has 2 rings (SSSR count). The second-order valence-electron chi connectivity index (χ2n) is 4.78. The van der Waals surface area contributed by atoms with Crippen molar-refractivity contribution in [1.82, 2.24) is 9.78 Å². The molecule has 0 amide bonds. The van der Waals surface area contributed by atoms with Crippen molar-refractivity contribution in [2.45, 2.75) is 58.5 Å². The minimum Gasteiger partial charge on any atom is -0.394 e. The normalized spacial score (nSPS) is 18.2. The van der Waals surface area contributed by atoms with Gasteiger partial charge in [-0.25, -0.2) is 4.68 Å². The molecule has 90 valence electrons. The summed E-state index contributed by atoms with van der Waals surface area (Å²) < 4.78 is 1.97. The first-order chi connectivity index (χ1) is 7.62. The number of nitrogens with zero attached hydrogens (tertiary/aromatic N) is 2. The van der Waals surface area contributed by atoms with Crippen LogP contribution in [0.4, 0.5) is 11.5 Å². The Kier molecular flexibility index (Phi) is 2.82. The molecule has 1 heterocycles. The molecule has 1 aromatic rings. The Morgan fingerprint density at radius 2 is 2.12 bits per heavy atom. The molecule has 1 aliphatic carbocycles. The van der Waals surface area contributed by atoms with Crippen LogP contribution >= 0.6 is 0 Å². The summed E-state index contributed by atoms with van der Waals surface area (Å²) in [5, 5.41) is 8.06. The molecule has 1 aromatic heterocycles. The minimum absolute atomic E-state index is 0.271. The Balaban J connectivity index is 2.26. The molecular formula is C12H22N4. The van der Waals surface area contributed by atoms with Gasteiger partial charge in [-0.3, -0.25) is 0 Å². The zero-order valence-corrected chi connectivity index (χ0v) is 10.5. The molecule has 0 aromatic carbocycles. The number of nitrogens with one attached hydrogen (secondary N) is 1. The Bertz CT molecular complexity index is 371. The third-order valence-electron chi connectivity index (χ3n) is 3.84. The van der Waals surface area contributed by atoms with Crippen molar-refractivity contribution in [2.24, 2.45) is 0 Å². The second-order valence-corrected chi connectivity index (χ2v) is 4.78. The highest BCUT2D eigenvalue weighted by Gasteiger charge is 2.36. The molecule has 0 aliphatic heterocycles. The van der Waals surface area contributed by atoms with Crippen molar-refractivity contribution in [3.8, 4) is 0 Å². The zero-order chi connectivity index (χ0) is 11.8. The largest absolute Gasteiger partial charge is 0.394 e. The molecule has 3 N–H and O–H groups in total. The first kappa shape index (κ1) is 11.3. The number of aryl methyl sites for hydroxylation is 2. The molecule has 4 heteroatoms.